The van der Waals surface area contributed by atoms with Crippen molar-refractivity contribution in [3.05, 3.63) is 41.5 Å². The average Bonchev–Trinajstić information content (AvgIpc) is 2.97. The smallest absolute Gasteiger partial charge is 0.162 e. The Bertz CT molecular complexity index is 528. The highest BCUT2D eigenvalue weighted by Gasteiger charge is 2.20. The highest BCUT2D eigenvalue weighted by atomic mass is 16.5. The average molecular weight is 261 g/mol. The normalized spacial score (nSPS) is 15.0. The Morgan fingerprint density at radius 1 is 1.53 bits per heavy atom. The van der Waals surface area contributed by atoms with E-state index in [4.69, 9.17) is 9.26 Å². The van der Waals surface area contributed by atoms with Crippen LogP contribution in [0.15, 0.2) is 28.9 Å². The number of nitrogens with zero attached hydrogens (tertiary/aromatic N) is 2. The van der Waals surface area contributed by atoms with Crippen LogP contribution in [0.3, 0.4) is 0 Å². The molecule has 0 atom stereocenters. The van der Waals surface area contributed by atoms with Crippen molar-refractivity contribution in [3.8, 4) is 0 Å². The number of rotatable bonds is 7. The standard InChI is InChI=1S/C14H19N3O2/c1-18-10-14-7-12(16-19-14)9-17-6-2-3-13(17)8-15-11-4-5-11/h2-3,6-7,11,15H,4-5,8-10H2,1H3. The van der Waals surface area contributed by atoms with Gasteiger partial charge < -0.3 is 19.1 Å². The van der Waals surface area contributed by atoms with Crippen molar-refractivity contribution in [2.75, 3.05) is 7.11 Å². The number of hydrogen-bond donors (Lipinski definition) is 1. The third kappa shape index (κ3) is 3.24. The van der Waals surface area contributed by atoms with E-state index in [2.05, 4.69) is 33.4 Å². The molecule has 5 nitrogen and oxygen atoms in total. The van der Waals surface area contributed by atoms with Crippen molar-refractivity contribution in [2.45, 2.75) is 38.6 Å². The highest BCUT2D eigenvalue weighted by Crippen LogP contribution is 2.19. The maximum atomic E-state index is 5.20. The number of hydrogen-bond acceptors (Lipinski definition) is 4. The predicted molar refractivity (Wildman–Crippen MR) is 70.6 cm³/mol. The van der Waals surface area contributed by atoms with Gasteiger partial charge in [-0.05, 0) is 25.0 Å². The lowest BCUT2D eigenvalue weighted by atomic mass is 10.3. The lowest BCUT2D eigenvalue weighted by Gasteiger charge is -2.08. The van der Waals surface area contributed by atoms with Gasteiger partial charge in [-0.3, -0.25) is 0 Å². The first-order valence-electron chi connectivity index (χ1n) is 6.66. The summed E-state index contributed by atoms with van der Waals surface area (Å²) in [6.07, 6.45) is 4.70. The van der Waals surface area contributed by atoms with Crippen molar-refractivity contribution in [1.29, 1.82) is 0 Å². The molecule has 0 aromatic carbocycles. The fourth-order valence-corrected chi connectivity index (χ4v) is 2.12. The SMILES string of the molecule is COCc1cc(Cn2cccc2CNC2CC2)no1. The molecule has 1 saturated carbocycles. The lowest BCUT2D eigenvalue weighted by molar-refractivity contribution is 0.155. The molecular formula is C14H19N3O2. The van der Waals surface area contributed by atoms with E-state index in [0.717, 1.165) is 30.6 Å². The van der Waals surface area contributed by atoms with E-state index in [1.807, 2.05) is 6.07 Å². The van der Waals surface area contributed by atoms with Gasteiger partial charge in [-0.15, -0.1) is 0 Å². The predicted octanol–water partition coefficient (Wildman–Crippen LogP) is 1.92. The molecular weight excluding hydrogens is 242 g/mol. The van der Waals surface area contributed by atoms with E-state index in [9.17, 15) is 0 Å². The minimum absolute atomic E-state index is 0.467. The van der Waals surface area contributed by atoms with Crippen LogP contribution in [0.5, 0.6) is 0 Å². The maximum Gasteiger partial charge on any atom is 0.162 e. The van der Waals surface area contributed by atoms with Crippen molar-refractivity contribution in [1.82, 2.24) is 15.0 Å². The van der Waals surface area contributed by atoms with E-state index in [0.29, 0.717) is 6.61 Å². The van der Waals surface area contributed by atoms with Crippen LogP contribution < -0.4 is 5.32 Å². The van der Waals surface area contributed by atoms with Gasteiger partial charge in [0, 0.05) is 37.7 Å². The largest absolute Gasteiger partial charge is 0.377 e. The highest BCUT2D eigenvalue weighted by molar-refractivity contribution is 5.12. The van der Waals surface area contributed by atoms with Gasteiger partial charge in [0.05, 0.1) is 6.54 Å². The molecule has 0 aliphatic heterocycles. The molecule has 3 rings (SSSR count). The molecule has 2 aromatic rings. The molecule has 1 fully saturated rings. The van der Waals surface area contributed by atoms with Crippen LogP contribution >= 0.6 is 0 Å². The number of nitrogens with one attached hydrogen (secondary N) is 1. The first kappa shape index (κ1) is 12.4. The van der Waals surface area contributed by atoms with Gasteiger partial charge >= 0.3 is 0 Å². The molecule has 0 saturated heterocycles. The van der Waals surface area contributed by atoms with Crippen molar-refractivity contribution >= 4 is 0 Å². The molecule has 0 bridgehead atoms. The summed E-state index contributed by atoms with van der Waals surface area (Å²) >= 11 is 0. The summed E-state index contributed by atoms with van der Waals surface area (Å²) in [4.78, 5) is 0. The molecule has 0 amide bonds. The van der Waals surface area contributed by atoms with Gasteiger partial charge in [0.2, 0.25) is 0 Å². The second-order valence-corrected chi connectivity index (χ2v) is 5.00. The number of methoxy groups -OCH3 is 1. The minimum atomic E-state index is 0.467. The number of ether oxygens (including phenoxy) is 1. The summed E-state index contributed by atoms with van der Waals surface area (Å²) in [5, 5.41) is 7.59. The first-order chi connectivity index (χ1) is 9.35. The first-order valence-corrected chi connectivity index (χ1v) is 6.66. The molecule has 1 aliphatic carbocycles. The van der Waals surface area contributed by atoms with Gasteiger partial charge in [0.25, 0.3) is 0 Å². The molecule has 1 N–H and O–H groups in total. The third-order valence-corrected chi connectivity index (χ3v) is 3.30. The van der Waals surface area contributed by atoms with E-state index in [-0.39, 0.29) is 0 Å². The van der Waals surface area contributed by atoms with Crippen molar-refractivity contribution in [3.63, 3.8) is 0 Å². The fraction of sp³-hybridized carbons (Fsp3) is 0.500. The summed E-state index contributed by atoms with van der Waals surface area (Å²) in [6.45, 7) is 2.12. The topological polar surface area (TPSA) is 52.2 Å². The van der Waals surface area contributed by atoms with Crippen LogP contribution in [-0.2, 0) is 24.4 Å². The van der Waals surface area contributed by atoms with Gasteiger partial charge in [0.15, 0.2) is 5.76 Å². The molecule has 19 heavy (non-hydrogen) atoms. The van der Waals surface area contributed by atoms with Gasteiger partial charge in [-0.1, -0.05) is 5.16 Å². The van der Waals surface area contributed by atoms with E-state index >= 15 is 0 Å². The Hall–Kier alpha value is -1.59. The molecule has 2 aromatic heterocycles. The zero-order valence-corrected chi connectivity index (χ0v) is 11.1. The van der Waals surface area contributed by atoms with Crippen LogP contribution in [-0.4, -0.2) is 22.9 Å². The summed E-state index contributed by atoms with van der Waals surface area (Å²) < 4.78 is 12.4. The molecule has 2 heterocycles. The molecule has 0 spiro atoms. The van der Waals surface area contributed by atoms with Crippen molar-refractivity contribution < 1.29 is 9.26 Å². The molecule has 0 unspecified atom stereocenters. The van der Waals surface area contributed by atoms with Crippen molar-refractivity contribution in [2.24, 2.45) is 0 Å². The quantitative estimate of drug-likeness (QED) is 0.827. The monoisotopic (exact) mass is 261 g/mol. The van der Waals surface area contributed by atoms with Crippen LogP contribution in [0.2, 0.25) is 0 Å². The van der Waals surface area contributed by atoms with Gasteiger partial charge in [-0.25, -0.2) is 0 Å². The molecule has 5 heteroatoms. The van der Waals surface area contributed by atoms with E-state index in [1.54, 1.807) is 7.11 Å². The van der Waals surface area contributed by atoms with Gasteiger partial charge in [-0.2, -0.15) is 0 Å². The molecule has 1 aliphatic rings. The van der Waals surface area contributed by atoms with E-state index in [1.165, 1.54) is 18.5 Å². The summed E-state index contributed by atoms with van der Waals surface area (Å²) in [5.74, 6) is 0.766. The third-order valence-electron chi connectivity index (χ3n) is 3.30. The van der Waals surface area contributed by atoms with Crippen LogP contribution in [0.4, 0.5) is 0 Å². The second kappa shape index (κ2) is 5.59. The fourth-order valence-electron chi connectivity index (χ4n) is 2.12. The van der Waals surface area contributed by atoms with Crippen LogP contribution in [0.25, 0.3) is 0 Å². The summed E-state index contributed by atoms with van der Waals surface area (Å²) in [5.41, 5.74) is 2.21. The Balaban J connectivity index is 1.62. The number of aromatic nitrogens is 2. The maximum absolute atomic E-state index is 5.20. The Morgan fingerprint density at radius 3 is 3.21 bits per heavy atom. The second-order valence-electron chi connectivity index (χ2n) is 5.00. The Morgan fingerprint density at radius 2 is 2.42 bits per heavy atom. The Kier molecular flexibility index (Phi) is 3.66. The summed E-state index contributed by atoms with van der Waals surface area (Å²) in [7, 11) is 1.65. The molecule has 102 valence electrons. The molecule has 0 radical (unpaired) electrons. The van der Waals surface area contributed by atoms with Crippen LogP contribution in [0.1, 0.15) is 30.0 Å². The van der Waals surface area contributed by atoms with Gasteiger partial charge in [0.1, 0.15) is 12.3 Å². The summed E-state index contributed by atoms with van der Waals surface area (Å²) in [6, 6.07) is 6.89. The zero-order valence-electron chi connectivity index (χ0n) is 11.1. The minimum Gasteiger partial charge on any atom is -0.377 e. The lowest BCUT2D eigenvalue weighted by Crippen LogP contribution is -2.18. The van der Waals surface area contributed by atoms with Crippen LogP contribution in [0, 0.1) is 0 Å². The zero-order chi connectivity index (χ0) is 13.1. The Labute approximate surface area is 112 Å². The van der Waals surface area contributed by atoms with E-state index < -0.39 is 0 Å².